The van der Waals surface area contributed by atoms with Crippen molar-refractivity contribution in [2.24, 2.45) is 0 Å². The van der Waals surface area contributed by atoms with Crippen LogP contribution in [0.1, 0.15) is 12.8 Å². The highest BCUT2D eigenvalue weighted by atomic mass is 32.2. The summed E-state index contributed by atoms with van der Waals surface area (Å²) in [6.07, 6.45) is 2.47. The van der Waals surface area contributed by atoms with Crippen LogP contribution < -0.4 is 10.1 Å². The largest absolute Gasteiger partial charge is 0.489 e. The summed E-state index contributed by atoms with van der Waals surface area (Å²) in [5, 5.41) is 2.60. The number of carbonyl (C=O) groups is 1. The first-order valence-corrected chi connectivity index (χ1v) is 8.73. The lowest BCUT2D eigenvalue weighted by Crippen LogP contribution is -2.45. The van der Waals surface area contributed by atoms with E-state index in [0.717, 1.165) is 0 Å². The zero-order valence-electron chi connectivity index (χ0n) is 12.2. The van der Waals surface area contributed by atoms with Gasteiger partial charge in [0.1, 0.15) is 16.7 Å². The average Bonchev–Trinajstić information content (AvgIpc) is 2.47. The van der Waals surface area contributed by atoms with Crippen LogP contribution in [0.15, 0.2) is 29.2 Å². The molecular weight excluding hydrogens is 292 g/mol. The first kappa shape index (κ1) is 15.6. The van der Waals surface area contributed by atoms with Crippen LogP contribution in [0.4, 0.5) is 4.79 Å². The van der Waals surface area contributed by atoms with Gasteiger partial charge in [-0.1, -0.05) is 12.1 Å². The lowest BCUT2D eigenvalue weighted by atomic mass is 10.1. The van der Waals surface area contributed by atoms with Crippen LogP contribution in [0.3, 0.4) is 0 Å². The number of para-hydroxylation sites is 1. The lowest BCUT2D eigenvalue weighted by molar-refractivity contribution is 0.109. The van der Waals surface area contributed by atoms with Crippen molar-refractivity contribution < 1.29 is 17.9 Å². The number of amides is 2. The molecule has 0 bridgehead atoms. The van der Waals surface area contributed by atoms with E-state index in [1.807, 2.05) is 0 Å². The molecule has 6 nitrogen and oxygen atoms in total. The minimum absolute atomic E-state index is 0.0752. The minimum Gasteiger partial charge on any atom is -0.489 e. The molecule has 1 N–H and O–H groups in total. The van der Waals surface area contributed by atoms with E-state index in [-0.39, 0.29) is 17.0 Å². The van der Waals surface area contributed by atoms with Crippen molar-refractivity contribution in [1.82, 2.24) is 10.2 Å². The number of carbonyl (C=O) groups excluding carboxylic acids is 1. The zero-order chi connectivity index (χ0) is 15.5. The van der Waals surface area contributed by atoms with Gasteiger partial charge in [0.15, 0.2) is 9.84 Å². The fraction of sp³-hybridized carbons (Fsp3) is 0.500. The molecule has 1 aliphatic rings. The molecule has 7 heteroatoms. The molecule has 0 aliphatic carbocycles. The Hall–Kier alpha value is -1.76. The first-order valence-electron chi connectivity index (χ1n) is 6.84. The van der Waals surface area contributed by atoms with Crippen molar-refractivity contribution in [2.45, 2.75) is 23.8 Å². The molecule has 1 fully saturated rings. The minimum atomic E-state index is -3.31. The third-order valence-corrected chi connectivity index (χ3v) is 4.62. The van der Waals surface area contributed by atoms with E-state index in [2.05, 4.69) is 5.32 Å². The summed E-state index contributed by atoms with van der Waals surface area (Å²) in [5.41, 5.74) is 0. The summed E-state index contributed by atoms with van der Waals surface area (Å²) < 4.78 is 29.3. The van der Waals surface area contributed by atoms with E-state index in [1.165, 1.54) is 6.26 Å². The molecule has 0 atom stereocenters. The quantitative estimate of drug-likeness (QED) is 0.912. The van der Waals surface area contributed by atoms with Gasteiger partial charge in [-0.05, 0) is 12.1 Å². The average molecular weight is 312 g/mol. The van der Waals surface area contributed by atoms with Crippen LogP contribution in [0, 0.1) is 0 Å². The van der Waals surface area contributed by atoms with Crippen LogP contribution in [-0.2, 0) is 9.84 Å². The second kappa shape index (κ2) is 6.34. The SMILES string of the molecule is CNC(=O)N1CCC(Oc2ccccc2S(C)(=O)=O)CC1. The van der Waals surface area contributed by atoms with Gasteiger partial charge >= 0.3 is 6.03 Å². The number of nitrogens with one attached hydrogen (secondary N) is 1. The zero-order valence-corrected chi connectivity index (χ0v) is 13.0. The highest BCUT2D eigenvalue weighted by Crippen LogP contribution is 2.26. The highest BCUT2D eigenvalue weighted by molar-refractivity contribution is 7.90. The monoisotopic (exact) mass is 312 g/mol. The molecule has 2 amide bonds. The summed E-state index contributed by atoms with van der Waals surface area (Å²) in [6.45, 7) is 1.21. The number of hydrogen-bond donors (Lipinski definition) is 1. The number of ether oxygens (including phenoxy) is 1. The third kappa shape index (κ3) is 3.87. The maximum Gasteiger partial charge on any atom is 0.317 e. The van der Waals surface area contributed by atoms with Gasteiger partial charge in [-0.2, -0.15) is 0 Å². The predicted molar refractivity (Wildman–Crippen MR) is 79.2 cm³/mol. The molecule has 1 heterocycles. The van der Waals surface area contributed by atoms with Gasteiger partial charge in [0.2, 0.25) is 0 Å². The van der Waals surface area contributed by atoms with Gasteiger partial charge in [-0.3, -0.25) is 0 Å². The Bertz CT molecular complexity index is 607. The molecular formula is C14H20N2O4S. The number of rotatable bonds is 3. The standard InChI is InChI=1S/C14H20N2O4S/c1-15-14(17)16-9-7-11(8-10-16)20-12-5-3-4-6-13(12)21(2,18)19/h3-6,11H,7-10H2,1-2H3,(H,15,17). The molecule has 1 saturated heterocycles. The molecule has 0 aromatic heterocycles. The first-order chi connectivity index (χ1) is 9.91. The van der Waals surface area contributed by atoms with Crippen molar-refractivity contribution in [2.75, 3.05) is 26.4 Å². The van der Waals surface area contributed by atoms with Crippen molar-refractivity contribution in [3.63, 3.8) is 0 Å². The normalized spacial score (nSPS) is 16.6. The maximum atomic E-state index is 11.7. The molecule has 0 saturated carbocycles. The Balaban J connectivity index is 2.03. The van der Waals surface area contributed by atoms with E-state index >= 15 is 0 Å². The Morgan fingerprint density at radius 3 is 2.48 bits per heavy atom. The van der Waals surface area contributed by atoms with Gasteiger partial charge in [-0.25, -0.2) is 13.2 Å². The molecule has 2 rings (SSSR count). The summed E-state index contributed by atoms with van der Waals surface area (Å²) >= 11 is 0. The van der Waals surface area contributed by atoms with Gasteiger partial charge in [-0.15, -0.1) is 0 Å². The Labute approximate surface area is 125 Å². The lowest BCUT2D eigenvalue weighted by Gasteiger charge is -2.32. The highest BCUT2D eigenvalue weighted by Gasteiger charge is 2.24. The number of hydrogen-bond acceptors (Lipinski definition) is 4. The Morgan fingerprint density at radius 1 is 1.29 bits per heavy atom. The van der Waals surface area contributed by atoms with E-state index < -0.39 is 9.84 Å². The number of urea groups is 1. The van der Waals surface area contributed by atoms with Crippen LogP contribution in [-0.4, -0.2) is 51.8 Å². The number of nitrogens with zero attached hydrogens (tertiary/aromatic N) is 1. The summed E-state index contributed by atoms with van der Waals surface area (Å²) in [7, 11) is -1.71. The van der Waals surface area contributed by atoms with E-state index in [4.69, 9.17) is 4.74 Å². The van der Waals surface area contributed by atoms with E-state index in [9.17, 15) is 13.2 Å². The van der Waals surface area contributed by atoms with E-state index in [1.54, 1.807) is 36.2 Å². The number of likely N-dealkylation sites (tertiary alicyclic amines) is 1. The van der Waals surface area contributed by atoms with Crippen molar-refractivity contribution >= 4 is 15.9 Å². The maximum absolute atomic E-state index is 11.7. The molecule has 0 spiro atoms. The molecule has 21 heavy (non-hydrogen) atoms. The molecule has 0 unspecified atom stereocenters. The number of sulfone groups is 1. The smallest absolute Gasteiger partial charge is 0.317 e. The fourth-order valence-corrected chi connectivity index (χ4v) is 3.18. The topological polar surface area (TPSA) is 75.7 Å². The summed E-state index contributed by atoms with van der Waals surface area (Å²) in [6, 6.07) is 6.55. The number of piperidine rings is 1. The van der Waals surface area contributed by atoms with Crippen LogP contribution >= 0.6 is 0 Å². The third-order valence-electron chi connectivity index (χ3n) is 3.49. The van der Waals surface area contributed by atoms with E-state index in [0.29, 0.717) is 31.7 Å². The van der Waals surface area contributed by atoms with Gasteiger partial charge < -0.3 is 15.0 Å². The second-order valence-corrected chi connectivity index (χ2v) is 7.06. The van der Waals surface area contributed by atoms with Gasteiger partial charge in [0.05, 0.1) is 0 Å². The predicted octanol–water partition coefficient (Wildman–Crippen LogP) is 1.27. The molecule has 116 valence electrons. The molecule has 1 aliphatic heterocycles. The van der Waals surface area contributed by atoms with Gasteiger partial charge in [0.25, 0.3) is 0 Å². The van der Waals surface area contributed by atoms with Crippen molar-refractivity contribution in [3.8, 4) is 5.75 Å². The number of benzene rings is 1. The second-order valence-electron chi connectivity index (χ2n) is 5.08. The Morgan fingerprint density at radius 2 is 1.90 bits per heavy atom. The van der Waals surface area contributed by atoms with Crippen LogP contribution in [0.5, 0.6) is 5.75 Å². The molecule has 1 aromatic rings. The van der Waals surface area contributed by atoms with Crippen LogP contribution in [0.2, 0.25) is 0 Å². The van der Waals surface area contributed by atoms with Gasteiger partial charge in [0, 0.05) is 39.2 Å². The van der Waals surface area contributed by atoms with Crippen LogP contribution in [0.25, 0.3) is 0 Å². The van der Waals surface area contributed by atoms with Crippen molar-refractivity contribution in [1.29, 1.82) is 0 Å². The molecule has 0 radical (unpaired) electrons. The summed E-state index contributed by atoms with van der Waals surface area (Å²) in [4.78, 5) is 13.4. The molecule has 1 aromatic carbocycles. The van der Waals surface area contributed by atoms with Crippen molar-refractivity contribution in [3.05, 3.63) is 24.3 Å². The Kier molecular flexibility index (Phi) is 4.72. The fourth-order valence-electron chi connectivity index (χ4n) is 2.37. The summed E-state index contributed by atoms with van der Waals surface area (Å²) in [5.74, 6) is 0.387.